The Bertz CT molecular complexity index is 487. The minimum atomic E-state index is 0.563. The normalized spacial score (nSPS) is 13.1. The van der Waals surface area contributed by atoms with E-state index in [0.717, 1.165) is 17.9 Å². The lowest BCUT2D eigenvalue weighted by Gasteiger charge is -2.12. The van der Waals surface area contributed by atoms with Gasteiger partial charge in [-0.1, -0.05) is 31.5 Å². The van der Waals surface area contributed by atoms with Crippen molar-refractivity contribution < 1.29 is 4.42 Å². The van der Waals surface area contributed by atoms with Crippen molar-refractivity contribution in [3.8, 4) is 0 Å². The summed E-state index contributed by atoms with van der Waals surface area (Å²) in [5, 5.41) is 4.80. The van der Waals surface area contributed by atoms with Gasteiger partial charge in [-0.15, -0.1) is 0 Å². The first-order chi connectivity index (χ1) is 8.22. The zero-order chi connectivity index (χ0) is 12.3. The fourth-order valence-electron chi connectivity index (χ4n) is 2.25. The number of nitrogens with one attached hydrogen (secondary N) is 1. The van der Waals surface area contributed by atoms with E-state index in [4.69, 9.17) is 4.42 Å². The summed E-state index contributed by atoms with van der Waals surface area (Å²) < 4.78 is 5.75. The SMILES string of the molecule is CCCC(C)NCc1c(C)oc2ccccc12. The van der Waals surface area contributed by atoms with Gasteiger partial charge in [-0.05, 0) is 26.3 Å². The molecule has 2 nitrogen and oxygen atoms in total. The highest BCUT2D eigenvalue weighted by atomic mass is 16.3. The maximum atomic E-state index is 5.75. The van der Waals surface area contributed by atoms with Crippen LogP contribution in [0.5, 0.6) is 0 Å². The van der Waals surface area contributed by atoms with Gasteiger partial charge >= 0.3 is 0 Å². The molecule has 0 aliphatic carbocycles. The number of fused-ring (bicyclic) bond motifs is 1. The highest BCUT2D eigenvalue weighted by molar-refractivity contribution is 5.82. The van der Waals surface area contributed by atoms with E-state index in [9.17, 15) is 0 Å². The summed E-state index contributed by atoms with van der Waals surface area (Å²) in [5.41, 5.74) is 2.29. The van der Waals surface area contributed by atoms with E-state index in [1.165, 1.54) is 23.8 Å². The summed E-state index contributed by atoms with van der Waals surface area (Å²) in [5.74, 6) is 1.03. The summed E-state index contributed by atoms with van der Waals surface area (Å²) in [7, 11) is 0. The van der Waals surface area contributed by atoms with Crippen LogP contribution in [-0.4, -0.2) is 6.04 Å². The van der Waals surface area contributed by atoms with Crippen LogP contribution in [0.15, 0.2) is 28.7 Å². The fourth-order valence-corrected chi connectivity index (χ4v) is 2.25. The average Bonchev–Trinajstić information content (AvgIpc) is 2.62. The number of furan rings is 1. The first kappa shape index (κ1) is 12.2. The van der Waals surface area contributed by atoms with E-state index < -0.39 is 0 Å². The van der Waals surface area contributed by atoms with Crippen molar-refractivity contribution in [1.82, 2.24) is 5.32 Å². The lowest BCUT2D eigenvalue weighted by molar-refractivity contribution is 0.501. The van der Waals surface area contributed by atoms with Gasteiger partial charge in [0.15, 0.2) is 0 Å². The summed E-state index contributed by atoms with van der Waals surface area (Å²) in [6.07, 6.45) is 2.44. The molecule has 2 aromatic rings. The molecular weight excluding hydrogens is 210 g/mol. The molecule has 1 aromatic heterocycles. The van der Waals surface area contributed by atoms with Crippen molar-refractivity contribution in [3.05, 3.63) is 35.6 Å². The molecule has 0 aliphatic rings. The predicted octanol–water partition coefficient (Wildman–Crippen LogP) is 4.02. The Morgan fingerprint density at radius 1 is 1.29 bits per heavy atom. The van der Waals surface area contributed by atoms with E-state index in [1.54, 1.807) is 0 Å². The van der Waals surface area contributed by atoms with Crippen LogP contribution in [0.2, 0.25) is 0 Å². The van der Waals surface area contributed by atoms with E-state index in [2.05, 4.69) is 31.3 Å². The van der Waals surface area contributed by atoms with Crippen molar-refractivity contribution in [2.45, 2.75) is 46.2 Å². The summed E-state index contributed by atoms with van der Waals surface area (Å²) in [6.45, 7) is 7.39. The number of hydrogen-bond acceptors (Lipinski definition) is 2. The molecule has 2 rings (SSSR count). The van der Waals surface area contributed by atoms with Crippen LogP contribution in [0.4, 0.5) is 0 Å². The molecule has 1 aromatic carbocycles. The highest BCUT2D eigenvalue weighted by Crippen LogP contribution is 2.25. The second-order valence-corrected chi connectivity index (χ2v) is 4.70. The number of rotatable bonds is 5. The van der Waals surface area contributed by atoms with Crippen molar-refractivity contribution in [2.75, 3.05) is 0 Å². The number of hydrogen-bond donors (Lipinski definition) is 1. The molecule has 1 atom stereocenters. The molecule has 17 heavy (non-hydrogen) atoms. The molecule has 0 spiro atoms. The third kappa shape index (κ3) is 2.70. The zero-order valence-corrected chi connectivity index (χ0v) is 10.9. The van der Waals surface area contributed by atoms with Crippen LogP contribution in [0, 0.1) is 6.92 Å². The first-order valence-electron chi connectivity index (χ1n) is 6.42. The van der Waals surface area contributed by atoms with Crippen LogP contribution in [0.1, 0.15) is 38.0 Å². The molecule has 1 heterocycles. The van der Waals surface area contributed by atoms with E-state index >= 15 is 0 Å². The number of aryl methyl sites for hydroxylation is 1. The monoisotopic (exact) mass is 231 g/mol. The standard InChI is InChI=1S/C15H21NO/c1-4-7-11(2)16-10-14-12(3)17-15-9-6-5-8-13(14)15/h5-6,8-9,11,16H,4,7,10H2,1-3H3. The molecule has 0 saturated carbocycles. The lowest BCUT2D eigenvalue weighted by atomic mass is 10.1. The lowest BCUT2D eigenvalue weighted by Crippen LogP contribution is -2.25. The largest absolute Gasteiger partial charge is 0.461 e. The minimum Gasteiger partial charge on any atom is -0.461 e. The molecule has 0 aliphatic heterocycles. The third-order valence-corrected chi connectivity index (χ3v) is 3.25. The summed E-state index contributed by atoms with van der Waals surface area (Å²) >= 11 is 0. The van der Waals surface area contributed by atoms with Gasteiger partial charge in [0.05, 0.1) is 0 Å². The van der Waals surface area contributed by atoms with Crippen LogP contribution in [-0.2, 0) is 6.54 Å². The van der Waals surface area contributed by atoms with E-state index in [-0.39, 0.29) is 0 Å². The molecule has 2 heteroatoms. The van der Waals surface area contributed by atoms with Gasteiger partial charge < -0.3 is 9.73 Å². The fraction of sp³-hybridized carbons (Fsp3) is 0.467. The zero-order valence-electron chi connectivity index (χ0n) is 10.9. The minimum absolute atomic E-state index is 0.563. The Kier molecular flexibility index (Phi) is 3.85. The van der Waals surface area contributed by atoms with Gasteiger partial charge in [-0.25, -0.2) is 0 Å². The molecule has 0 radical (unpaired) electrons. The van der Waals surface area contributed by atoms with E-state index in [1.807, 2.05) is 19.1 Å². The molecular formula is C15H21NO. The highest BCUT2D eigenvalue weighted by Gasteiger charge is 2.10. The Morgan fingerprint density at radius 3 is 2.82 bits per heavy atom. The Hall–Kier alpha value is -1.28. The van der Waals surface area contributed by atoms with Gasteiger partial charge in [0.25, 0.3) is 0 Å². The predicted molar refractivity (Wildman–Crippen MR) is 72.2 cm³/mol. The van der Waals surface area contributed by atoms with Crippen LogP contribution in [0.3, 0.4) is 0 Å². The molecule has 0 fully saturated rings. The second kappa shape index (κ2) is 5.37. The molecule has 0 amide bonds. The quantitative estimate of drug-likeness (QED) is 0.840. The smallest absolute Gasteiger partial charge is 0.134 e. The first-order valence-corrected chi connectivity index (χ1v) is 6.42. The molecule has 1 unspecified atom stereocenters. The molecule has 1 N–H and O–H groups in total. The van der Waals surface area contributed by atoms with Gasteiger partial charge in [0, 0.05) is 23.5 Å². The van der Waals surface area contributed by atoms with Gasteiger partial charge in [-0.2, -0.15) is 0 Å². The second-order valence-electron chi connectivity index (χ2n) is 4.70. The average molecular weight is 231 g/mol. The maximum absolute atomic E-state index is 5.75. The van der Waals surface area contributed by atoms with Crippen molar-refractivity contribution >= 4 is 11.0 Å². The molecule has 92 valence electrons. The Labute approximate surface area is 103 Å². The van der Waals surface area contributed by atoms with Crippen LogP contribution < -0.4 is 5.32 Å². The van der Waals surface area contributed by atoms with Gasteiger partial charge in [0.1, 0.15) is 11.3 Å². The molecule has 0 bridgehead atoms. The van der Waals surface area contributed by atoms with E-state index in [0.29, 0.717) is 6.04 Å². The summed E-state index contributed by atoms with van der Waals surface area (Å²) in [6, 6.07) is 8.81. The molecule has 0 saturated heterocycles. The summed E-state index contributed by atoms with van der Waals surface area (Å²) in [4.78, 5) is 0. The topological polar surface area (TPSA) is 25.2 Å². The number of para-hydroxylation sites is 1. The van der Waals surface area contributed by atoms with Crippen molar-refractivity contribution in [1.29, 1.82) is 0 Å². The van der Waals surface area contributed by atoms with Gasteiger partial charge in [-0.3, -0.25) is 0 Å². The van der Waals surface area contributed by atoms with Crippen LogP contribution >= 0.6 is 0 Å². The van der Waals surface area contributed by atoms with Crippen molar-refractivity contribution in [2.24, 2.45) is 0 Å². The Balaban J connectivity index is 2.15. The van der Waals surface area contributed by atoms with Crippen LogP contribution in [0.25, 0.3) is 11.0 Å². The third-order valence-electron chi connectivity index (χ3n) is 3.25. The number of benzene rings is 1. The maximum Gasteiger partial charge on any atom is 0.134 e. The Morgan fingerprint density at radius 2 is 2.06 bits per heavy atom. The van der Waals surface area contributed by atoms with Crippen molar-refractivity contribution in [3.63, 3.8) is 0 Å². The van der Waals surface area contributed by atoms with Gasteiger partial charge in [0.2, 0.25) is 0 Å².